The fourth-order valence-corrected chi connectivity index (χ4v) is 4.17. The van der Waals surface area contributed by atoms with Crippen LogP contribution in [0.5, 0.6) is 0 Å². The van der Waals surface area contributed by atoms with Crippen LogP contribution in [0.1, 0.15) is 55.8 Å². The summed E-state index contributed by atoms with van der Waals surface area (Å²) < 4.78 is 26.3. The maximum Gasteiger partial charge on any atom is 0.269 e. The fraction of sp³-hybridized carbons (Fsp3) is 0.529. The molecule has 0 aromatic heterocycles. The van der Waals surface area contributed by atoms with E-state index in [1.807, 2.05) is 6.92 Å². The summed E-state index contributed by atoms with van der Waals surface area (Å²) in [5.74, 6) is -0.719. The van der Waals surface area contributed by atoms with E-state index in [1.54, 1.807) is 0 Å². The van der Waals surface area contributed by atoms with Crippen LogP contribution in [0.25, 0.3) is 0 Å². The van der Waals surface area contributed by atoms with Crippen molar-refractivity contribution in [2.75, 3.05) is 13.1 Å². The van der Waals surface area contributed by atoms with Crippen LogP contribution in [0.2, 0.25) is 0 Å². The van der Waals surface area contributed by atoms with Crippen LogP contribution in [0.15, 0.2) is 29.2 Å². The average molecular weight is 367 g/mol. The predicted octanol–water partition coefficient (Wildman–Crippen LogP) is 1.81. The number of nitrogens with zero attached hydrogens (tertiary/aromatic N) is 1. The molecule has 0 aliphatic carbocycles. The average Bonchev–Trinajstić information content (AvgIpc) is 3.15. The lowest BCUT2D eigenvalue weighted by Crippen LogP contribution is -2.41. The van der Waals surface area contributed by atoms with Crippen molar-refractivity contribution in [3.05, 3.63) is 29.8 Å². The highest BCUT2D eigenvalue weighted by Gasteiger charge is 2.27. The largest absolute Gasteiger partial charge is 0.273 e. The monoisotopic (exact) mass is 367 g/mol. The molecule has 1 aliphatic rings. The van der Waals surface area contributed by atoms with Crippen LogP contribution in [-0.4, -0.2) is 37.6 Å². The second-order valence-electron chi connectivity index (χ2n) is 6.09. The Balaban J connectivity index is 1.90. The van der Waals surface area contributed by atoms with Gasteiger partial charge in [-0.2, -0.15) is 4.31 Å². The molecule has 0 bridgehead atoms. The first-order chi connectivity index (χ1) is 11.9. The summed E-state index contributed by atoms with van der Waals surface area (Å²) in [5, 5.41) is 0. The molecule has 0 saturated carbocycles. The molecule has 0 atom stereocenters. The van der Waals surface area contributed by atoms with Crippen LogP contribution in [0.3, 0.4) is 0 Å². The Morgan fingerprint density at radius 1 is 1.04 bits per heavy atom. The fourth-order valence-electron chi connectivity index (χ4n) is 2.65. The first-order valence-electron chi connectivity index (χ1n) is 8.64. The minimum atomic E-state index is -3.49. The van der Waals surface area contributed by atoms with Crippen molar-refractivity contribution in [1.82, 2.24) is 15.2 Å². The molecule has 1 aromatic carbocycles. The van der Waals surface area contributed by atoms with Gasteiger partial charge in [0.2, 0.25) is 15.9 Å². The van der Waals surface area contributed by atoms with E-state index in [-0.39, 0.29) is 16.4 Å². The van der Waals surface area contributed by atoms with Crippen LogP contribution >= 0.6 is 0 Å². The van der Waals surface area contributed by atoms with Crippen LogP contribution in [0.4, 0.5) is 0 Å². The lowest BCUT2D eigenvalue weighted by atomic mass is 10.2. The van der Waals surface area contributed by atoms with E-state index in [0.29, 0.717) is 19.5 Å². The number of carbonyl (C=O) groups excluding carboxylic acids is 2. The van der Waals surface area contributed by atoms with E-state index in [9.17, 15) is 18.0 Å². The minimum absolute atomic E-state index is 0.176. The van der Waals surface area contributed by atoms with Gasteiger partial charge in [0.15, 0.2) is 0 Å². The van der Waals surface area contributed by atoms with Gasteiger partial charge in [0, 0.05) is 25.1 Å². The molecule has 1 heterocycles. The SMILES string of the molecule is CCCCCC(=O)NNC(=O)c1ccc(S(=O)(=O)N2CCCC2)cc1. The highest BCUT2D eigenvalue weighted by Crippen LogP contribution is 2.21. The maximum atomic E-state index is 12.4. The molecular weight excluding hydrogens is 342 g/mol. The summed E-state index contributed by atoms with van der Waals surface area (Å²) in [7, 11) is -3.49. The van der Waals surface area contributed by atoms with E-state index in [1.165, 1.54) is 28.6 Å². The normalized spacial score (nSPS) is 15.1. The van der Waals surface area contributed by atoms with E-state index < -0.39 is 15.9 Å². The van der Waals surface area contributed by atoms with Gasteiger partial charge in [0.05, 0.1) is 4.90 Å². The number of hydrogen-bond donors (Lipinski definition) is 2. The van der Waals surface area contributed by atoms with Gasteiger partial charge in [-0.25, -0.2) is 8.42 Å². The molecule has 1 aromatic rings. The number of amides is 2. The quantitative estimate of drug-likeness (QED) is 0.567. The van der Waals surface area contributed by atoms with E-state index in [0.717, 1.165) is 32.1 Å². The Bertz CT molecular complexity index is 695. The van der Waals surface area contributed by atoms with Gasteiger partial charge in [0.25, 0.3) is 5.91 Å². The molecule has 1 saturated heterocycles. The van der Waals surface area contributed by atoms with Crippen LogP contribution in [0, 0.1) is 0 Å². The number of nitrogens with one attached hydrogen (secondary N) is 2. The van der Waals surface area contributed by atoms with Gasteiger partial charge in [-0.15, -0.1) is 0 Å². The topological polar surface area (TPSA) is 95.6 Å². The molecule has 2 N–H and O–H groups in total. The zero-order valence-electron chi connectivity index (χ0n) is 14.5. The highest BCUT2D eigenvalue weighted by atomic mass is 32.2. The molecule has 8 heteroatoms. The number of carbonyl (C=O) groups is 2. The van der Waals surface area contributed by atoms with Gasteiger partial charge in [-0.3, -0.25) is 20.4 Å². The molecule has 0 unspecified atom stereocenters. The number of hydrazine groups is 1. The number of rotatable bonds is 7. The van der Waals surface area contributed by atoms with Crippen molar-refractivity contribution in [2.45, 2.75) is 50.3 Å². The smallest absolute Gasteiger partial charge is 0.269 e. The predicted molar refractivity (Wildman–Crippen MR) is 94.2 cm³/mol. The van der Waals surface area contributed by atoms with Gasteiger partial charge in [-0.1, -0.05) is 19.8 Å². The molecule has 25 heavy (non-hydrogen) atoms. The molecule has 1 fully saturated rings. The number of benzene rings is 1. The van der Waals surface area contributed by atoms with Crippen molar-refractivity contribution < 1.29 is 18.0 Å². The number of hydrogen-bond acceptors (Lipinski definition) is 4. The van der Waals surface area contributed by atoms with Crippen LogP contribution < -0.4 is 10.9 Å². The first-order valence-corrected chi connectivity index (χ1v) is 10.1. The van der Waals surface area contributed by atoms with E-state index in [2.05, 4.69) is 10.9 Å². The summed E-state index contributed by atoms with van der Waals surface area (Å²) in [6.45, 7) is 3.12. The second-order valence-corrected chi connectivity index (χ2v) is 8.03. The zero-order valence-corrected chi connectivity index (χ0v) is 15.3. The number of unbranched alkanes of at least 4 members (excludes halogenated alkanes) is 2. The van der Waals surface area contributed by atoms with Crippen molar-refractivity contribution in [3.8, 4) is 0 Å². The second kappa shape index (κ2) is 8.96. The molecular formula is C17H25N3O4S. The zero-order chi connectivity index (χ0) is 18.3. The summed E-state index contributed by atoms with van der Waals surface area (Å²) in [6.07, 6.45) is 4.87. The Morgan fingerprint density at radius 2 is 1.68 bits per heavy atom. The Kier molecular flexibility index (Phi) is 6.95. The van der Waals surface area contributed by atoms with Gasteiger partial charge >= 0.3 is 0 Å². The van der Waals surface area contributed by atoms with Crippen LogP contribution in [-0.2, 0) is 14.8 Å². The maximum absolute atomic E-state index is 12.4. The summed E-state index contributed by atoms with van der Waals surface area (Å²) in [5.41, 5.74) is 4.99. The van der Waals surface area contributed by atoms with E-state index in [4.69, 9.17) is 0 Å². The lowest BCUT2D eigenvalue weighted by Gasteiger charge is -2.15. The van der Waals surface area contributed by atoms with Gasteiger partial charge in [-0.05, 0) is 43.5 Å². The molecule has 1 aliphatic heterocycles. The molecule has 2 amide bonds. The Hall–Kier alpha value is -1.93. The molecule has 138 valence electrons. The van der Waals surface area contributed by atoms with Crippen molar-refractivity contribution in [2.24, 2.45) is 0 Å². The Labute approximate surface area is 148 Å². The standard InChI is InChI=1S/C17H25N3O4S/c1-2-3-4-7-16(21)18-19-17(22)14-8-10-15(11-9-14)25(23,24)20-12-5-6-13-20/h8-11H,2-7,12-13H2,1H3,(H,18,21)(H,19,22). The minimum Gasteiger partial charge on any atom is -0.273 e. The third-order valence-electron chi connectivity index (χ3n) is 4.14. The third kappa shape index (κ3) is 5.27. The highest BCUT2D eigenvalue weighted by molar-refractivity contribution is 7.89. The van der Waals surface area contributed by atoms with Crippen molar-refractivity contribution in [1.29, 1.82) is 0 Å². The summed E-state index contributed by atoms with van der Waals surface area (Å²) in [4.78, 5) is 23.8. The van der Waals surface area contributed by atoms with E-state index >= 15 is 0 Å². The summed E-state index contributed by atoms with van der Waals surface area (Å²) >= 11 is 0. The first kappa shape index (κ1) is 19.4. The summed E-state index contributed by atoms with van der Waals surface area (Å²) in [6, 6.07) is 5.74. The molecule has 7 nitrogen and oxygen atoms in total. The number of sulfonamides is 1. The lowest BCUT2D eigenvalue weighted by molar-refractivity contribution is -0.121. The van der Waals surface area contributed by atoms with Crippen molar-refractivity contribution >= 4 is 21.8 Å². The van der Waals surface area contributed by atoms with Crippen molar-refractivity contribution in [3.63, 3.8) is 0 Å². The van der Waals surface area contributed by atoms with Gasteiger partial charge in [0.1, 0.15) is 0 Å². The molecule has 0 spiro atoms. The Morgan fingerprint density at radius 3 is 2.28 bits per heavy atom. The molecule has 0 radical (unpaired) electrons. The third-order valence-corrected chi connectivity index (χ3v) is 6.06. The van der Waals surface area contributed by atoms with Gasteiger partial charge < -0.3 is 0 Å². The molecule has 2 rings (SSSR count).